The molecule has 0 aliphatic heterocycles. The van der Waals surface area contributed by atoms with Crippen molar-refractivity contribution in [1.29, 1.82) is 0 Å². The van der Waals surface area contributed by atoms with Gasteiger partial charge >= 0.3 is 0 Å². The minimum absolute atomic E-state index is 0.0265. The average molecular weight is 189 g/mol. The first-order chi connectivity index (χ1) is 5.97. The largest absolute Gasteiger partial charge is 0.330 e. The first-order valence-electron chi connectivity index (χ1n) is 4.06. The monoisotopic (exact) mass is 189 g/mol. The Morgan fingerprint density at radius 3 is 2.62 bits per heavy atom. The third-order valence-corrected chi connectivity index (χ3v) is 1.87. The molecule has 0 amide bonds. The highest BCUT2D eigenvalue weighted by Gasteiger charge is 2.33. The molecule has 0 radical (unpaired) electrons. The average Bonchev–Trinajstić information content (AvgIpc) is 2.30. The molecular formula is C8H13F2N3. The maximum atomic E-state index is 13.3. The first-order valence-corrected chi connectivity index (χ1v) is 4.06. The fraction of sp³-hybridized carbons (Fsp3) is 0.625. The van der Waals surface area contributed by atoms with Gasteiger partial charge in [-0.3, -0.25) is 4.68 Å². The standard InChI is InChI=1S/C8H13F2N3/c1-6-7(5-13(2)12-6)8(9,10)3-4-11/h5H,3-4,11H2,1-2H3. The van der Waals surface area contributed by atoms with E-state index in [1.54, 1.807) is 14.0 Å². The Kier molecular flexibility index (Phi) is 2.66. The van der Waals surface area contributed by atoms with Crippen LogP contribution in [0.1, 0.15) is 17.7 Å². The summed E-state index contributed by atoms with van der Waals surface area (Å²) in [6, 6.07) is 0. The number of hydrogen-bond acceptors (Lipinski definition) is 2. The highest BCUT2D eigenvalue weighted by Crippen LogP contribution is 2.32. The lowest BCUT2D eigenvalue weighted by Crippen LogP contribution is -2.19. The van der Waals surface area contributed by atoms with E-state index in [0.717, 1.165) is 0 Å². The second-order valence-corrected chi connectivity index (χ2v) is 3.04. The van der Waals surface area contributed by atoms with Gasteiger partial charge in [0.2, 0.25) is 0 Å². The summed E-state index contributed by atoms with van der Waals surface area (Å²) in [6.07, 6.45) is 1.00. The Bertz CT molecular complexity index is 294. The number of rotatable bonds is 3. The summed E-state index contributed by atoms with van der Waals surface area (Å²) in [7, 11) is 1.62. The molecule has 1 aromatic heterocycles. The molecule has 3 nitrogen and oxygen atoms in total. The smallest absolute Gasteiger partial charge is 0.277 e. The molecule has 13 heavy (non-hydrogen) atoms. The van der Waals surface area contributed by atoms with E-state index in [1.807, 2.05) is 0 Å². The van der Waals surface area contributed by atoms with E-state index in [2.05, 4.69) is 5.10 Å². The highest BCUT2D eigenvalue weighted by atomic mass is 19.3. The van der Waals surface area contributed by atoms with Crippen LogP contribution < -0.4 is 5.73 Å². The van der Waals surface area contributed by atoms with E-state index in [4.69, 9.17) is 5.73 Å². The van der Waals surface area contributed by atoms with E-state index >= 15 is 0 Å². The lowest BCUT2D eigenvalue weighted by molar-refractivity contribution is -0.0113. The normalized spacial score (nSPS) is 12.1. The molecule has 0 aliphatic carbocycles. The topological polar surface area (TPSA) is 43.8 Å². The number of aromatic nitrogens is 2. The van der Waals surface area contributed by atoms with Crippen molar-refractivity contribution in [3.05, 3.63) is 17.5 Å². The quantitative estimate of drug-likeness (QED) is 0.775. The second-order valence-electron chi connectivity index (χ2n) is 3.04. The van der Waals surface area contributed by atoms with E-state index in [0.29, 0.717) is 5.69 Å². The van der Waals surface area contributed by atoms with Gasteiger partial charge in [-0.05, 0) is 13.5 Å². The van der Waals surface area contributed by atoms with Crippen LogP contribution in [-0.4, -0.2) is 16.3 Å². The zero-order valence-electron chi connectivity index (χ0n) is 7.72. The Balaban J connectivity index is 2.98. The molecule has 5 heteroatoms. The van der Waals surface area contributed by atoms with Gasteiger partial charge in [-0.2, -0.15) is 5.10 Å². The molecule has 0 atom stereocenters. The molecule has 1 aromatic rings. The summed E-state index contributed by atoms with van der Waals surface area (Å²) < 4.78 is 28.0. The third kappa shape index (κ3) is 2.03. The number of aryl methyl sites for hydroxylation is 2. The summed E-state index contributed by atoms with van der Waals surface area (Å²) in [5.41, 5.74) is 5.44. The van der Waals surface area contributed by atoms with Gasteiger partial charge in [0, 0.05) is 19.7 Å². The minimum Gasteiger partial charge on any atom is -0.330 e. The van der Waals surface area contributed by atoms with E-state index in [9.17, 15) is 8.78 Å². The molecular weight excluding hydrogens is 176 g/mol. The van der Waals surface area contributed by atoms with Gasteiger partial charge in [0.25, 0.3) is 5.92 Å². The van der Waals surface area contributed by atoms with Crippen LogP contribution in [0.15, 0.2) is 6.20 Å². The van der Waals surface area contributed by atoms with Crippen molar-refractivity contribution in [1.82, 2.24) is 9.78 Å². The molecule has 0 unspecified atom stereocenters. The van der Waals surface area contributed by atoms with Crippen molar-refractivity contribution < 1.29 is 8.78 Å². The highest BCUT2D eigenvalue weighted by molar-refractivity contribution is 5.21. The lowest BCUT2D eigenvalue weighted by atomic mass is 10.1. The summed E-state index contributed by atoms with van der Waals surface area (Å²) in [6.45, 7) is 1.54. The molecule has 0 spiro atoms. The van der Waals surface area contributed by atoms with Crippen LogP contribution in [0.25, 0.3) is 0 Å². The summed E-state index contributed by atoms with van der Waals surface area (Å²) >= 11 is 0. The Hall–Kier alpha value is -0.970. The van der Waals surface area contributed by atoms with Gasteiger partial charge in [0.05, 0.1) is 11.3 Å². The Labute approximate surface area is 75.5 Å². The fourth-order valence-corrected chi connectivity index (χ4v) is 1.27. The summed E-state index contributed by atoms with van der Waals surface area (Å²) in [5.74, 6) is -2.85. The zero-order valence-corrected chi connectivity index (χ0v) is 7.72. The molecule has 1 rings (SSSR count). The number of alkyl halides is 2. The van der Waals surface area contributed by atoms with Gasteiger partial charge in [-0.25, -0.2) is 8.78 Å². The molecule has 0 aliphatic rings. The summed E-state index contributed by atoms with van der Waals surface area (Å²) in [4.78, 5) is 0. The summed E-state index contributed by atoms with van der Waals surface area (Å²) in [5, 5.41) is 3.86. The van der Waals surface area contributed by atoms with Crippen molar-refractivity contribution in [2.24, 2.45) is 12.8 Å². The van der Waals surface area contributed by atoms with Gasteiger partial charge < -0.3 is 5.73 Å². The van der Waals surface area contributed by atoms with Crippen LogP contribution in [0.4, 0.5) is 8.78 Å². The Morgan fingerprint density at radius 2 is 2.23 bits per heavy atom. The number of nitrogens with zero attached hydrogens (tertiary/aromatic N) is 2. The third-order valence-electron chi connectivity index (χ3n) is 1.87. The molecule has 0 bridgehead atoms. The molecule has 0 aromatic carbocycles. The molecule has 74 valence electrons. The number of nitrogens with two attached hydrogens (primary N) is 1. The molecule has 1 heterocycles. The molecule has 0 saturated heterocycles. The SMILES string of the molecule is Cc1nn(C)cc1C(F)(F)CCN. The van der Waals surface area contributed by atoms with Gasteiger partial charge in [-0.15, -0.1) is 0 Å². The predicted molar refractivity (Wildman–Crippen MR) is 45.5 cm³/mol. The van der Waals surface area contributed by atoms with Crippen LogP contribution in [-0.2, 0) is 13.0 Å². The van der Waals surface area contributed by atoms with E-state index in [1.165, 1.54) is 10.9 Å². The van der Waals surface area contributed by atoms with Crippen molar-refractivity contribution in [3.8, 4) is 0 Å². The van der Waals surface area contributed by atoms with Crippen LogP contribution in [0.2, 0.25) is 0 Å². The Morgan fingerprint density at radius 1 is 1.62 bits per heavy atom. The van der Waals surface area contributed by atoms with Crippen LogP contribution in [0.5, 0.6) is 0 Å². The van der Waals surface area contributed by atoms with Gasteiger partial charge in [0.1, 0.15) is 0 Å². The first kappa shape index (κ1) is 10.1. The van der Waals surface area contributed by atoms with Crippen LogP contribution in [0.3, 0.4) is 0 Å². The van der Waals surface area contributed by atoms with Crippen molar-refractivity contribution in [3.63, 3.8) is 0 Å². The van der Waals surface area contributed by atoms with Crippen molar-refractivity contribution in [2.75, 3.05) is 6.54 Å². The minimum atomic E-state index is -2.85. The number of hydrogen-bond donors (Lipinski definition) is 1. The lowest BCUT2D eigenvalue weighted by Gasteiger charge is -2.13. The number of halogens is 2. The van der Waals surface area contributed by atoms with E-state index in [-0.39, 0.29) is 18.5 Å². The maximum absolute atomic E-state index is 13.3. The second kappa shape index (κ2) is 3.41. The predicted octanol–water partition coefficient (Wildman–Crippen LogP) is 1.17. The van der Waals surface area contributed by atoms with E-state index < -0.39 is 5.92 Å². The molecule has 2 N–H and O–H groups in total. The van der Waals surface area contributed by atoms with Gasteiger partial charge in [0.15, 0.2) is 0 Å². The molecule has 0 fully saturated rings. The maximum Gasteiger partial charge on any atom is 0.277 e. The van der Waals surface area contributed by atoms with Crippen molar-refractivity contribution >= 4 is 0 Å². The van der Waals surface area contributed by atoms with Crippen LogP contribution in [0, 0.1) is 6.92 Å². The van der Waals surface area contributed by atoms with Gasteiger partial charge in [-0.1, -0.05) is 0 Å². The van der Waals surface area contributed by atoms with Crippen LogP contribution >= 0.6 is 0 Å². The van der Waals surface area contributed by atoms with Crippen molar-refractivity contribution in [2.45, 2.75) is 19.3 Å². The zero-order chi connectivity index (χ0) is 10.1. The fourth-order valence-electron chi connectivity index (χ4n) is 1.27. The molecule has 0 saturated carbocycles.